The zero-order valence-electron chi connectivity index (χ0n) is 14.9. The molecule has 2 aromatic heterocycles. The SMILES string of the molecule is COC(=O)c1ccoc1COC(=O)CCc1nnc(-c2ccc(C)cc2)o1. The van der Waals surface area contributed by atoms with E-state index in [1.54, 1.807) is 0 Å². The molecule has 0 bridgehead atoms. The molecule has 140 valence electrons. The van der Waals surface area contributed by atoms with E-state index in [0.717, 1.165) is 11.1 Å². The number of hydrogen-bond donors (Lipinski definition) is 0. The van der Waals surface area contributed by atoms with Gasteiger partial charge in [-0.05, 0) is 25.1 Å². The Balaban J connectivity index is 1.51. The van der Waals surface area contributed by atoms with Gasteiger partial charge < -0.3 is 18.3 Å². The van der Waals surface area contributed by atoms with Crippen molar-refractivity contribution in [1.82, 2.24) is 10.2 Å². The first-order chi connectivity index (χ1) is 13.1. The van der Waals surface area contributed by atoms with Crippen molar-refractivity contribution in [2.24, 2.45) is 0 Å². The molecule has 2 heterocycles. The number of hydrogen-bond acceptors (Lipinski definition) is 8. The Kier molecular flexibility index (Phi) is 5.65. The molecular weight excluding hydrogens is 352 g/mol. The van der Waals surface area contributed by atoms with Crippen LogP contribution in [0.2, 0.25) is 0 Å². The normalized spacial score (nSPS) is 10.6. The number of nitrogens with zero attached hydrogens (tertiary/aromatic N) is 2. The summed E-state index contributed by atoms with van der Waals surface area (Å²) in [6.07, 6.45) is 1.64. The van der Waals surface area contributed by atoms with Gasteiger partial charge in [-0.25, -0.2) is 4.79 Å². The maximum Gasteiger partial charge on any atom is 0.341 e. The van der Waals surface area contributed by atoms with Gasteiger partial charge in [-0.2, -0.15) is 0 Å². The van der Waals surface area contributed by atoms with Crippen LogP contribution in [-0.2, 0) is 27.3 Å². The maximum absolute atomic E-state index is 11.9. The number of benzene rings is 1. The van der Waals surface area contributed by atoms with Crippen molar-refractivity contribution in [3.63, 3.8) is 0 Å². The molecule has 0 atom stereocenters. The summed E-state index contributed by atoms with van der Waals surface area (Å²) < 4.78 is 20.5. The molecule has 0 unspecified atom stereocenters. The third-order valence-electron chi connectivity index (χ3n) is 3.82. The van der Waals surface area contributed by atoms with Gasteiger partial charge in [-0.1, -0.05) is 17.7 Å². The Hall–Kier alpha value is -3.42. The van der Waals surface area contributed by atoms with Crippen LogP contribution in [0.15, 0.2) is 45.4 Å². The Morgan fingerprint density at radius 2 is 1.89 bits per heavy atom. The lowest BCUT2D eigenvalue weighted by Gasteiger charge is -2.03. The van der Waals surface area contributed by atoms with Crippen molar-refractivity contribution in [3.05, 3.63) is 59.4 Å². The zero-order chi connectivity index (χ0) is 19.2. The molecule has 0 aliphatic heterocycles. The van der Waals surface area contributed by atoms with E-state index in [0.29, 0.717) is 11.8 Å². The second kappa shape index (κ2) is 8.31. The van der Waals surface area contributed by atoms with Crippen LogP contribution in [0.1, 0.15) is 34.0 Å². The predicted octanol–water partition coefficient (Wildman–Crippen LogP) is 3.10. The highest BCUT2D eigenvalue weighted by Gasteiger charge is 2.17. The smallest absolute Gasteiger partial charge is 0.341 e. The van der Waals surface area contributed by atoms with Gasteiger partial charge in [0.05, 0.1) is 19.8 Å². The van der Waals surface area contributed by atoms with Crippen molar-refractivity contribution in [2.45, 2.75) is 26.4 Å². The molecule has 0 spiro atoms. The fraction of sp³-hybridized carbons (Fsp3) is 0.263. The van der Waals surface area contributed by atoms with Crippen LogP contribution in [-0.4, -0.2) is 29.2 Å². The fourth-order valence-electron chi connectivity index (χ4n) is 2.34. The number of furan rings is 1. The first-order valence-electron chi connectivity index (χ1n) is 8.26. The number of aromatic nitrogens is 2. The van der Waals surface area contributed by atoms with Crippen LogP contribution in [0.25, 0.3) is 11.5 Å². The fourth-order valence-corrected chi connectivity index (χ4v) is 2.34. The number of carbonyl (C=O) groups excluding carboxylic acids is 2. The molecule has 0 aliphatic rings. The van der Waals surface area contributed by atoms with E-state index in [1.165, 1.54) is 19.4 Å². The number of ether oxygens (including phenoxy) is 2. The Labute approximate surface area is 155 Å². The summed E-state index contributed by atoms with van der Waals surface area (Å²) in [5.41, 5.74) is 2.17. The first-order valence-corrected chi connectivity index (χ1v) is 8.26. The number of esters is 2. The zero-order valence-corrected chi connectivity index (χ0v) is 14.9. The molecule has 8 heteroatoms. The highest BCUT2D eigenvalue weighted by atomic mass is 16.5. The van der Waals surface area contributed by atoms with Gasteiger partial charge in [0.1, 0.15) is 12.2 Å². The predicted molar refractivity (Wildman–Crippen MR) is 92.6 cm³/mol. The van der Waals surface area contributed by atoms with Gasteiger partial charge >= 0.3 is 11.9 Å². The summed E-state index contributed by atoms with van der Waals surface area (Å²) in [6.45, 7) is 1.83. The van der Waals surface area contributed by atoms with E-state index < -0.39 is 11.9 Å². The molecule has 0 radical (unpaired) electrons. The number of rotatable bonds is 7. The van der Waals surface area contributed by atoms with E-state index in [4.69, 9.17) is 13.6 Å². The Bertz CT molecular complexity index is 926. The first kappa shape index (κ1) is 18.4. The van der Waals surface area contributed by atoms with Crippen molar-refractivity contribution in [2.75, 3.05) is 7.11 Å². The average Bonchev–Trinajstić information content (AvgIpc) is 3.34. The quantitative estimate of drug-likeness (QED) is 0.584. The lowest BCUT2D eigenvalue weighted by atomic mass is 10.1. The lowest BCUT2D eigenvalue weighted by Crippen LogP contribution is -2.09. The van der Waals surface area contributed by atoms with E-state index in [9.17, 15) is 9.59 Å². The van der Waals surface area contributed by atoms with Gasteiger partial charge in [0, 0.05) is 12.0 Å². The molecule has 1 aromatic carbocycles. The van der Waals surface area contributed by atoms with Crippen LogP contribution in [0.3, 0.4) is 0 Å². The van der Waals surface area contributed by atoms with Crippen LogP contribution >= 0.6 is 0 Å². The van der Waals surface area contributed by atoms with Crippen molar-refractivity contribution in [3.8, 4) is 11.5 Å². The summed E-state index contributed by atoms with van der Waals surface area (Å²) in [6, 6.07) is 9.15. The van der Waals surface area contributed by atoms with Gasteiger partial charge in [0.25, 0.3) is 0 Å². The molecule has 0 aliphatic carbocycles. The highest BCUT2D eigenvalue weighted by molar-refractivity contribution is 5.90. The van der Waals surface area contributed by atoms with Crippen molar-refractivity contribution in [1.29, 1.82) is 0 Å². The minimum atomic E-state index is -0.552. The Morgan fingerprint density at radius 3 is 2.63 bits per heavy atom. The monoisotopic (exact) mass is 370 g/mol. The topological polar surface area (TPSA) is 105 Å². The van der Waals surface area contributed by atoms with E-state index >= 15 is 0 Å². The summed E-state index contributed by atoms with van der Waals surface area (Å²) in [4.78, 5) is 23.4. The van der Waals surface area contributed by atoms with Gasteiger partial charge in [-0.3, -0.25) is 4.79 Å². The summed E-state index contributed by atoms with van der Waals surface area (Å²) in [5.74, 6) is -0.0521. The largest absolute Gasteiger partial charge is 0.465 e. The maximum atomic E-state index is 11.9. The van der Waals surface area contributed by atoms with Gasteiger partial charge in [-0.15, -0.1) is 10.2 Å². The van der Waals surface area contributed by atoms with Gasteiger partial charge in [0.2, 0.25) is 11.8 Å². The Morgan fingerprint density at radius 1 is 1.11 bits per heavy atom. The molecule has 3 aromatic rings. The molecule has 0 fully saturated rings. The number of methoxy groups -OCH3 is 1. The third-order valence-corrected chi connectivity index (χ3v) is 3.82. The van der Waals surface area contributed by atoms with Crippen LogP contribution in [0.5, 0.6) is 0 Å². The van der Waals surface area contributed by atoms with E-state index in [1.807, 2.05) is 31.2 Å². The molecule has 0 saturated heterocycles. The van der Waals surface area contributed by atoms with Crippen molar-refractivity contribution < 1.29 is 27.9 Å². The molecule has 8 nitrogen and oxygen atoms in total. The van der Waals surface area contributed by atoms with E-state index in [2.05, 4.69) is 14.9 Å². The minimum Gasteiger partial charge on any atom is -0.465 e. The molecule has 27 heavy (non-hydrogen) atoms. The molecule has 3 rings (SSSR count). The summed E-state index contributed by atoms with van der Waals surface area (Å²) in [5, 5.41) is 7.93. The van der Waals surface area contributed by atoms with Crippen LogP contribution in [0.4, 0.5) is 0 Å². The molecule has 0 N–H and O–H groups in total. The number of carbonyl (C=O) groups is 2. The highest BCUT2D eigenvalue weighted by Crippen LogP contribution is 2.19. The van der Waals surface area contributed by atoms with Crippen molar-refractivity contribution >= 4 is 11.9 Å². The molecule has 0 saturated carbocycles. The summed E-state index contributed by atoms with van der Waals surface area (Å²) in [7, 11) is 1.26. The minimum absolute atomic E-state index is 0.0593. The second-order valence-corrected chi connectivity index (χ2v) is 5.78. The van der Waals surface area contributed by atoms with Crippen LogP contribution in [0, 0.1) is 6.92 Å². The lowest BCUT2D eigenvalue weighted by molar-refractivity contribution is -0.145. The molecule has 0 amide bonds. The second-order valence-electron chi connectivity index (χ2n) is 5.78. The summed E-state index contributed by atoms with van der Waals surface area (Å²) >= 11 is 0. The third kappa shape index (κ3) is 4.60. The van der Waals surface area contributed by atoms with Gasteiger partial charge in [0.15, 0.2) is 5.76 Å². The van der Waals surface area contributed by atoms with E-state index in [-0.39, 0.29) is 30.8 Å². The standard InChI is InChI=1S/C19H18N2O6/c1-12-3-5-13(6-4-12)18-21-20-16(27-18)7-8-17(22)26-11-15-14(9-10-25-15)19(23)24-2/h3-6,9-10H,7-8,11H2,1-2H3. The molecular formula is C19H18N2O6. The number of aryl methyl sites for hydroxylation is 2. The average molecular weight is 370 g/mol. The van der Waals surface area contributed by atoms with Crippen LogP contribution < -0.4 is 0 Å².